The fraction of sp³-hybridized carbons (Fsp3) is 0.625. The van der Waals surface area contributed by atoms with Gasteiger partial charge < -0.3 is 15.3 Å². The smallest absolute Gasteiger partial charge is 0.216 e. The zero-order valence-electron chi connectivity index (χ0n) is 19.8. The highest BCUT2D eigenvalue weighted by atomic mass is 79.9. The van der Waals surface area contributed by atoms with E-state index in [0.29, 0.717) is 12.1 Å². The number of nitrogens with zero attached hydrogens (tertiary/aromatic N) is 2. The highest BCUT2D eigenvalue weighted by Crippen LogP contribution is 2.40. The van der Waals surface area contributed by atoms with Gasteiger partial charge in [-0.15, -0.1) is 0 Å². The summed E-state index contributed by atoms with van der Waals surface area (Å²) in [6.07, 6.45) is 1.68. The predicted molar refractivity (Wildman–Crippen MR) is 129 cm³/mol. The van der Waals surface area contributed by atoms with Crippen LogP contribution in [0.25, 0.3) is 0 Å². The molecule has 0 spiro atoms. The summed E-state index contributed by atoms with van der Waals surface area (Å²) >= 11 is 3.22. The minimum Gasteiger partial charge on any atom is -0.507 e. The van der Waals surface area contributed by atoms with Gasteiger partial charge in [-0.1, -0.05) is 41.5 Å². The molecule has 1 saturated heterocycles. The lowest BCUT2D eigenvalue weighted by molar-refractivity contribution is -0.118. The number of amidine groups is 1. The zero-order chi connectivity index (χ0) is 23.6. The number of benzene rings is 1. The standard InChI is InChI=1S/C24H36BrN3O3/c1-15(29)26-10-8-16-9-11-28(22(16)27-25)14-20(30)17-12-18(23(2,3)4)21(31)19(13-17)24(5,6)7/h12-13,16,31H,8-11,14H2,1-7H3,(H,26,29). The number of hydrogen-bond acceptors (Lipinski definition) is 4. The van der Waals surface area contributed by atoms with E-state index >= 15 is 0 Å². The second-order valence-electron chi connectivity index (χ2n) is 10.5. The van der Waals surface area contributed by atoms with Crippen LogP contribution in [0.3, 0.4) is 0 Å². The van der Waals surface area contributed by atoms with E-state index in [-0.39, 0.29) is 40.7 Å². The molecular weight excluding hydrogens is 458 g/mol. The third kappa shape index (κ3) is 6.31. The number of amides is 1. The second-order valence-corrected chi connectivity index (χ2v) is 10.8. The molecule has 1 aromatic carbocycles. The maximum Gasteiger partial charge on any atom is 0.216 e. The number of phenolic OH excluding ortho intramolecular Hbond substituents is 1. The van der Waals surface area contributed by atoms with Crippen LogP contribution >= 0.6 is 16.1 Å². The summed E-state index contributed by atoms with van der Waals surface area (Å²) in [5, 5.41) is 13.7. The summed E-state index contributed by atoms with van der Waals surface area (Å²) in [5.41, 5.74) is 1.61. The van der Waals surface area contributed by atoms with Crippen molar-refractivity contribution in [2.75, 3.05) is 19.6 Å². The summed E-state index contributed by atoms with van der Waals surface area (Å²) in [7, 11) is 0. The molecule has 1 unspecified atom stereocenters. The summed E-state index contributed by atoms with van der Waals surface area (Å²) in [6, 6.07) is 3.67. The molecule has 0 aromatic heterocycles. The molecule has 31 heavy (non-hydrogen) atoms. The van der Waals surface area contributed by atoms with Gasteiger partial charge in [0.05, 0.1) is 22.7 Å². The van der Waals surface area contributed by atoms with E-state index in [0.717, 1.165) is 36.3 Å². The topological polar surface area (TPSA) is 82.0 Å². The number of carbonyl (C=O) groups excluding carboxylic acids is 2. The Labute approximate surface area is 194 Å². The van der Waals surface area contributed by atoms with E-state index in [9.17, 15) is 14.7 Å². The summed E-state index contributed by atoms with van der Waals surface area (Å²) < 4.78 is 4.27. The van der Waals surface area contributed by atoms with Crippen molar-refractivity contribution >= 4 is 33.7 Å². The average molecular weight is 494 g/mol. The molecule has 6 nitrogen and oxygen atoms in total. The highest BCUT2D eigenvalue weighted by molar-refractivity contribution is 9.08. The summed E-state index contributed by atoms with van der Waals surface area (Å²) in [6.45, 7) is 15.3. The molecule has 0 saturated carbocycles. The first-order chi connectivity index (χ1) is 14.3. The molecule has 0 radical (unpaired) electrons. The molecule has 1 atom stereocenters. The number of nitrogens with one attached hydrogen (secondary N) is 1. The van der Waals surface area contributed by atoms with Gasteiger partial charge in [-0.05, 0) is 35.8 Å². The van der Waals surface area contributed by atoms with Gasteiger partial charge in [0.2, 0.25) is 5.91 Å². The Kier molecular flexibility index (Phi) is 7.95. The second kappa shape index (κ2) is 9.72. The van der Waals surface area contributed by atoms with E-state index in [4.69, 9.17) is 0 Å². The first kappa shape index (κ1) is 25.4. The number of likely N-dealkylation sites (tertiary alicyclic amines) is 1. The van der Waals surface area contributed by atoms with Gasteiger partial charge in [-0.2, -0.15) is 4.02 Å². The van der Waals surface area contributed by atoms with Gasteiger partial charge in [-0.25, -0.2) is 0 Å². The minimum atomic E-state index is -0.286. The van der Waals surface area contributed by atoms with Crippen LogP contribution in [0.5, 0.6) is 5.75 Å². The van der Waals surface area contributed by atoms with Gasteiger partial charge in [0.1, 0.15) is 11.6 Å². The van der Waals surface area contributed by atoms with Crippen LogP contribution < -0.4 is 5.32 Å². The van der Waals surface area contributed by atoms with E-state index in [1.165, 1.54) is 6.92 Å². The maximum atomic E-state index is 13.3. The Morgan fingerprint density at radius 3 is 2.16 bits per heavy atom. The molecule has 172 valence electrons. The van der Waals surface area contributed by atoms with Crippen molar-refractivity contribution < 1.29 is 14.7 Å². The molecule has 1 heterocycles. The third-order valence-electron chi connectivity index (χ3n) is 5.77. The molecule has 1 amide bonds. The molecule has 7 heteroatoms. The Balaban J connectivity index is 2.26. The van der Waals surface area contributed by atoms with Crippen molar-refractivity contribution in [1.82, 2.24) is 10.2 Å². The Bertz CT molecular complexity index is 831. The van der Waals surface area contributed by atoms with Gasteiger partial charge in [-0.3, -0.25) is 9.59 Å². The lowest BCUT2D eigenvalue weighted by atomic mass is 9.78. The SMILES string of the molecule is CC(=O)NCCC1CCN(CC(=O)c2cc(C(C)(C)C)c(O)c(C(C)(C)C)c2)C1=NBr. The number of hydrogen-bond donors (Lipinski definition) is 2. The van der Waals surface area contributed by atoms with Crippen LogP contribution in [0.1, 0.15) is 82.8 Å². The molecule has 0 bridgehead atoms. The monoisotopic (exact) mass is 493 g/mol. The van der Waals surface area contributed by atoms with Gasteiger partial charge >= 0.3 is 0 Å². The number of rotatable bonds is 6. The fourth-order valence-electron chi connectivity index (χ4n) is 4.00. The van der Waals surface area contributed by atoms with E-state index in [2.05, 4.69) is 25.5 Å². The normalized spacial score (nSPS) is 18.5. The van der Waals surface area contributed by atoms with E-state index < -0.39 is 0 Å². The molecule has 1 fully saturated rings. The molecule has 1 aromatic rings. The highest BCUT2D eigenvalue weighted by Gasteiger charge is 2.32. The third-order valence-corrected chi connectivity index (χ3v) is 6.14. The van der Waals surface area contributed by atoms with Crippen LogP contribution in [-0.4, -0.2) is 47.2 Å². The molecular formula is C24H36BrN3O3. The lowest BCUT2D eigenvalue weighted by Crippen LogP contribution is -2.34. The Morgan fingerprint density at radius 2 is 1.71 bits per heavy atom. The quantitative estimate of drug-likeness (QED) is 0.561. The van der Waals surface area contributed by atoms with Crippen LogP contribution in [0.15, 0.2) is 16.2 Å². The van der Waals surface area contributed by atoms with Crippen molar-refractivity contribution in [2.24, 2.45) is 9.94 Å². The summed E-state index contributed by atoms with van der Waals surface area (Å²) in [4.78, 5) is 26.4. The van der Waals surface area contributed by atoms with E-state index in [1.54, 1.807) is 0 Å². The summed E-state index contributed by atoms with van der Waals surface area (Å²) in [5.74, 6) is 1.29. The zero-order valence-corrected chi connectivity index (χ0v) is 21.4. The molecule has 1 aliphatic rings. The minimum absolute atomic E-state index is 0.00663. The first-order valence-electron chi connectivity index (χ1n) is 10.8. The van der Waals surface area contributed by atoms with Crippen LogP contribution in [0, 0.1) is 5.92 Å². The first-order valence-corrected chi connectivity index (χ1v) is 11.6. The van der Waals surface area contributed by atoms with Gasteiger partial charge in [0.15, 0.2) is 5.78 Å². The van der Waals surface area contributed by atoms with Crippen LogP contribution in [0.4, 0.5) is 0 Å². The molecule has 2 N–H and O–H groups in total. The average Bonchev–Trinajstić information content (AvgIpc) is 3.00. The van der Waals surface area contributed by atoms with Crippen molar-refractivity contribution in [2.45, 2.75) is 72.1 Å². The van der Waals surface area contributed by atoms with Crippen LogP contribution in [0.2, 0.25) is 0 Å². The van der Waals surface area contributed by atoms with Crippen molar-refractivity contribution in [3.63, 3.8) is 0 Å². The molecule has 2 rings (SSSR count). The number of ketones is 1. The number of Topliss-reactive ketones (excluding diaryl/α,β-unsaturated/α-hetero) is 1. The van der Waals surface area contributed by atoms with Crippen molar-refractivity contribution in [1.29, 1.82) is 0 Å². The predicted octanol–water partition coefficient (Wildman–Crippen LogP) is 4.73. The van der Waals surface area contributed by atoms with Crippen molar-refractivity contribution in [3.05, 3.63) is 28.8 Å². The maximum absolute atomic E-state index is 13.3. The Hall–Kier alpha value is -1.89. The number of halogens is 1. The number of carbonyl (C=O) groups is 2. The Morgan fingerprint density at radius 1 is 1.16 bits per heavy atom. The fourth-order valence-corrected chi connectivity index (χ4v) is 4.51. The van der Waals surface area contributed by atoms with E-state index in [1.807, 2.05) is 58.6 Å². The van der Waals surface area contributed by atoms with Gasteiger partial charge in [0.25, 0.3) is 0 Å². The molecule has 0 aliphatic carbocycles. The van der Waals surface area contributed by atoms with Crippen LogP contribution in [-0.2, 0) is 15.6 Å². The largest absolute Gasteiger partial charge is 0.507 e. The number of aromatic hydroxyl groups is 1. The molecule has 1 aliphatic heterocycles. The van der Waals surface area contributed by atoms with Gasteiger partial charge in [0, 0.05) is 42.6 Å². The van der Waals surface area contributed by atoms with Crippen molar-refractivity contribution in [3.8, 4) is 5.75 Å². The lowest BCUT2D eigenvalue weighted by Gasteiger charge is -2.28. The number of phenols is 1.